The third-order valence-electron chi connectivity index (χ3n) is 11.8. The molecule has 1 aromatic heterocycles. The number of halogens is 4. The molecule has 5 heterocycles. The number of aromatic nitrogens is 2. The van der Waals surface area contributed by atoms with E-state index in [0.29, 0.717) is 55.1 Å². The Morgan fingerprint density at radius 3 is 2.43 bits per heavy atom. The second kappa shape index (κ2) is 17.0. The van der Waals surface area contributed by atoms with Crippen LogP contribution >= 0.6 is 0 Å². The number of likely N-dealkylation sites (tertiary alicyclic amines) is 1. The smallest absolute Gasteiger partial charge is 0.416 e. The van der Waals surface area contributed by atoms with E-state index in [1.807, 2.05) is 0 Å². The van der Waals surface area contributed by atoms with Crippen molar-refractivity contribution in [3.8, 4) is 17.5 Å². The van der Waals surface area contributed by atoms with Gasteiger partial charge in [-0.05, 0) is 67.8 Å². The van der Waals surface area contributed by atoms with Gasteiger partial charge in [0.2, 0.25) is 0 Å². The molecule has 4 aliphatic rings. The Kier molecular flexibility index (Phi) is 11.6. The molecule has 0 radical (unpaired) electrons. The lowest BCUT2D eigenvalue weighted by Gasteiger charge is -2.42. The van der Waals surface area contributed by atoms with Crippen LogP contribution in [-0.2, 0) is 15.7 Å². The fourth-order valence-electron chi connectivity index (χ4n) is 8.49. The topological polar surface area (TPSA) is 136 Å². The summed E-state index contributed by atoms with van der Waals surface area (Å²) in [5, 5.41) is 17.5. The number of anilines is 1. The van der Waals surface area contributed by atoms with Crippen LogP contribution in [0, 0.1) is 17.1 Å². The molecular formula is C43H44F4N8O5. The van der Waals surface area contributed by atoms with Gasteiger partial charge in [0.05, 0.1) is 36.6 Å². The first-order chi connectivity index (χ1) is 28.9. The molecule has 0 unspecified atom stereocenters. The van der Waals surface area contributed by atoms with Gasteiger partial charge in [-0.25, -0.2) is 9.07 Å². The lowest BCUT2D eigenvalue weighted by Crippen LogP contribution is -2.56. The molecular weight excluding hydrogens is 785 g/mol. The van der Waals surface area contributed by atoms with Crippen LogP contribution in [0.25, 0.3) is 5.69 Å². The third kappa shape index (κ3) is 8.06. The Balaban J connectivity index is 1.17. The lowest BCUT2D eigenvalue weighted by molar-refractivity contribution is -0.137. The number of nitrogens with one attached hydrogen (secondary N) is 1. The van der Waals surface area contributed by atoms with E-state index in [-0.39, 0.29) is 35.7 Å². The molecule has 60 heavy (non-hydrogen) atoms. The highest BCUT2D eigenvalue weighted by molar-refractivity contribution is 6.07. The molecule has 3 saturated heterocycles. The summed E-state index contributed by atoms with van der Waals surface area (Å²) in [6.45, 7) is 8.45. The fourth-order valence-corrected chi connectivity index (χ4v) is 8.49. The molecule has 0 bridgehead atoms. The van der Waals surface area contributed by atoms with Crippen LogP contribution in [-0.4, -0.2) is 126 Å². The van der Waals surface area contributed by atoms with Gasteiger partial charge in [0.1, 0.15) is 36.1 Å². The molecule has 13 nitrogen and oxygen atoms in total. The second-order valence-corrected chi connectivity index (χ2v) is 15.3. The van der Waals surface area contributed by atoms with Crippen LogP contribution in [0.3, 0.4) is 0 Å². The van der Waals surface area contributed by atoms with E-state index < -0.39 is 53.3 Å². The zero-order valence-electron chi connectivity index (χ0n) is 32.9. The standard InChI is InChI=1S/C43H44F4N8O5/c1-2-53-40-36(35(27-11-13-30(44)14-12-27)37(41(53)57)49-39(56)28-6-3-7-29(22-28)43(45,46)47)38(42(58)54-15-5-9-32(54)24-48)50-55(40)31-8-4-10-34(23-31)60-21-20-51-16-18-52(19-17-51)33-25-59-26-33/h3-4,6-8,10-14,22-23,32-33,35,37H,2,5,9,15-21,25-26H2,1H3,(H,49,56)/t32-,35+,37+/m0/s1. The number of carbonyl (C=O) groups is 3. The quantitative estimate of drug-likeness (QED) is 0.211. The number of carbonyl (C=O) groups excluding carboxylic acids is 3. The second-order valence-electron chi connectivity index (χ2n) is 15.3. The van der Waals surface area contributed by atoms with Gasteiger partial charge in [0.15, 0.2) is 5.69 Å². The molecule has 8 rings (SSSR count). The predicted molar refractivity (Wildman–Crippen MR) is 210 cm³/mol. The predicted octanol–water partition coefficient (Wildman–Crippen LogP) is 4.85. The average molecular weight is 829 g/mol. The van der Waals surface area contributed by atoms with Crippen LogP contribution in [0.4, 0.5) is 23.4 Å². The lowest BCUT2D eigenvalue weighted by atomic mass is 9.80. The van der Waals surface area contributed by atoms with Crippen molar-refractivity contribution in [1.82, 2.24) is 29.8 Å². The maximum Gasteiger partial charge on any atom is 0.416 e. The first-order valence-electron chi connectivity index (χ1n) is 20.1. The van der Waals surface area contributed by atoms with Gasteiger partial charge in [-0.2, -0.15) is 23.5 Å². The van der Waals surface area contributed by atoms with E-state index in [0.717, 1.165) is 51.5 Å². The summed E-state index contributed by atoms with van der Waals surface area (Å²) in [7, 11) is 0. The van der Waals surface area contributed by atoms with Crippen molar-refractivity contribution in [1.29, 1.82) is 5.26 Å². The average Bonchev–Trinajstić information content (AvgIpc) is 3.87. The Hall–Kier alpha value is -5.83. The Bertz CT molecular complexity index is 2280. The molecule has 3 fully saturated rings. The Morgan fingerprint density at radius 2 is 1.75 bits per heavy atom. The summed E-state index contributed by atoms with van der Waals surface area (Å²) in [6, 6.07) is 16.6. The van der Waals surface area contributed by atoms with E-state index in [2.05, 4.69) is 21.2 Å². The molecule has 3 amide bonds. The third-order valence-corrected chi connectivity index (χ3v) is 11.8. The van der Waals surface area contributed by atoms with E-state index in [9.17, 15) is 37.2 Å². The van der Waals surface area contributed by atoms with Gasteiger partial charge >= 0.3 is 6.18 Å². The summed E-state index contributed by atoms with van der Waals surface area (Å²) in [5.74, 6) is -3.19. The number of benzene rings is 3. The summed E-state index contributed by atoms with van der Waals surface area (Å²) in [6.07, 6.45) is -3.70. The molecule has 4 aromatic rings. The Morgan fingerprint density at radius 1 is 1.00 bits per heavy atom. The number of ether oxygens (including phenoxy) is 2. The monoisotopic (exact) mass is 828 g/mol. The minimum absolute atomic E-state index is 0.0407. The number of amides is 3. The summed E-state index contributed by atoms with van der Waals surface area (Å²) >= 11 is 0. The molecule has 1 N–H and O–H groups in total. The molecule has 17 heteroatoms. The van der Waals surface area contributed by atoms with Crippen LogP contribution in [0.1, 0.15) is 63.2 Å². The number of nitrogens with zero attached hydrogens (tertiary/aromatic N) is 7. The fraction of sp³-hybridized carbons (Fsp3) is 0.419. The zero-order valence-corrected chi connectivity index (χ0v) is 32.9. The number of hydrogen-bond acceptors (Lipinski definition) is 9. The van der Waals surface area contributed by atoms with Crippen molar-refractivity contribution < 1.29 is 41.4 Å². The van der Waals surface area contributed by atoms with Crippen molar-refractivity contribution in [2.24, 2.45) is 0 Å². The Labute approximate surface area is 344 Å². The zero-order chi connectivity index (χ0) is 42.1. The van der Waals surface area contributed by atoms with Gasteiger partial charge < -0.3 is 19.7 Å². The molecule has 3 aromatic carbocycles. The summed E-state index contributed by atoms with van der Waals surface area (Å²) in [5.41, 5.74) is -0.467. The van der Waals surface area contributed by atoms with Gasteiger partial charge in [-0.3, -0.25) is 29.1 Å². The van der Waals surface area contributed by atoms with Gasteiger partial charge in [0.25, 0.3) is 17.7 Å². The van der Waals surface area contributed by atoms with Crippen molar-refractivity contribution in [2.75, 3.05) is 70.5 Å². The summed E-state index contributed by atoms with van der Waals surface area (Å²) < 4.78 is 68.5. The van der Waals surface area contributed by atoms with Crippen molar-refractivity contribution in [3.63, 3.8) is 0 Å². The number of hydrogen-bond donors (Lipinski definition) is 1. The number of piperazine rings is 1. The number of fused-ring (bicyclic) bond motifs is 1. The molecule has 0 saturated carbocycles. The number of nitriles is 1. The first-order valence-corrected chi connectivity index (χ1v) is 20.1. The van der Waals surface area contributed by atoms with Crippen LogP contribution in [0.2, 0.25) is 0 Å². The van der Waals surface area contributed by atoms with E-state index in [1.54, 1.807) is 31.2 Å². The molecule has 4 aliphatic heterocycles. The molecule has 0 spiro atoms. The minimum atomic E-state index is -4.73. The molecule has 3 atom stereocenters. The number of alkyl halides is 3. The highest BCUT2D eigenvalue weighted by Crippen LogP contribution is 2.45. The first kappa shape index (κ1) is 40.9. The highest BCUT2D eigenvalue weighted by Gasteiger charge is 2.48. The highest BCUT2D eigenvalue weighted by atomic mass is 19.4. The van der Waals surface area contributed by atoms with Crippen LogP contribution < -0.4 is 15.0 Å². The molecule has 314 valence electrons. The van der Waals surface area contributed by atoms with Gasteiger partial charge in [-0.1, -0.05) is 24.3 Å². The van der Waals surface area contributed by atoms with Crippen molar-refractivity contribution >= 4 is 23.5 Å². The van der Waals surface area contributed by atoms with E-state index in [1.165, 1.54) is 44.8 Å². The van der Waals surface area contributed by atoms with Crippen LogP contribution in [0.15, 0.2) is 72.8 Å². The van der Waals surface area contributed by atoms with Crippen molar-refractivity contribution in [2.45, 2.75) is 50.0 Å². The minimum Gasteiger partial charge on any atom is -0.492 e. The molecule has 0 aliphatic carbocycles. The largest absolute Gasteiger partial charge is 0.492 e. The van der Waals surface area contributed by atoms with Crippen LogP contribution in [0.5, 0.6) is 5.75 Å². The van der Waals surface area contributed by atoms with E-state index >= 15 is 0 Å². The SMILES string of the molecule is CCN1C(=O)[C@H](NC(=O)c2cccc(C(F)(F)F)c2)[C@H](c2ccc(F)cc2)c2c(C(=O)N3CCC[C@H]3C#N)nn(-c3cccc(OCCN4CCN(C5COC5)CC4)c3)c21. The maximum atomic E-state index is 14.8. The van der Waals surface area contributed by atoms with Gasteiger partial charge in [-0.15, -0.1) is 0 Å². The van der Waals surface area contributed by atoms with Crippen molar-refractivity contribution in [3.05, 3.63) is 107 Å². The normalized spacial score (nSPS) is 21.3. The number of rotatable bonds is 11. The van der Waals surface area contributed by atoms with Gasteiger partial charge in [0, 0.05) is 68.9 Å². The number of likely N-dealkylation sites (N-methyl/N-ethyl adjacent to an activating group) is 1. The maximum absolute atomic E-state index is 14.8. The van der Waals surface area contributed by atoms with E-state index in [4.69, 9.17) is 14.6 Å². The summed E-state index contributed by atoms with van der Waals surface area (Å²) in [4.78, 5) is 50.8.